The van der Waals surface area contributed by atoms with E-state index in [0.717, 1.165) is 14.4 Å². The SMILES string of the molecule is N=C(N)c1ccc(Sc2cnccn2)c(Br)c1. The van der Waals surface area contributed by atoms with Crippen LogP contribution in [0.2, 0.25) is 0 Å². The first-order chi connectivity index (χ1) is 8.16. The molecular weight excluding hydrogens is 300 g/mol. The molecule has 1 heterocycles. The minimum Gasteiger partial charge on any atom is -0.384 e. The number of aromatic nitrogens is 2. The Labute approximate surface area is 111 Å². The first-order valence-corrected chi connectivity index (χ1v) is 6.35. The summed E-state index contributed by atoms with van der Waals surface area (Å²) >= 11 is 4.95. The quantitative estimate of drug-likeness (QED) is 0.675. The van der Waals surface area contributed by atoms with Crippen molar-refractivity contribution in [3.05, 3.63) is 46.8 Å². The van der Waals surface area contributed by atoms with E-state index in [4.69, 9.17) is 11.1 Å². The lowest BCUT2D eigenvalue weighted by atomic mass is 10.2. The zero-order valence-electron chi connectivity index (χ0n) is 8.72. The molecule has 4 nitrogen and oxygen atoms in total. The highest BCUT2D eigenvalue weighted by Gasteiger charge is 2.05. The van der Waals surface area contributed by atoms with Crippen LogP contribution in [-0.4, -0.2) is 15.8 Å². The molecule has 2 aromatic rings. The van der Waals surface area contributed by atoms with Gasteiger partial charge in [-0.1, -0.05) is 17.8 Å². The molecule has 0 unspecified atom stereocenters. The predicted octanol–water partition coefficient (Wildman–Crippen LogP) is 2.67. The third-order valence-electron chi connectivity index (χ3n) is 2.00. The second kappa shape index (κ2) is 5.29. The molecule has 86 valence electrons. The summed E-state index contributed by atoms with van der Waals surface area (Å²) < 4.78 is 0.890. The van der Waals surface area contributed by atoms with Crippen molar-refractivity contribution in [2.45, 2.75) is 9.92 Å². The number of nitrogens with one attached hydrogen (secondary N) is 1. The fourth-order valence-electron chi connectivity index (χ4n) is 1.20. The van der Waals surface area contributed by atoms with E-state index in [1.54, 1.807) is 18.6 Å². The Hall–Kier alpha value is -1.40. The summed E-state index contributed by atoms with van der Waals surface area (Å²) in [6.07, 6.45) is 4.99. The van der Waals surface area contributed by atoms with E-state index in [9.17, 15) is 0 Å². The number of benzene rings is 1. The predicted molar refractivity (Wildman–Crippen MR) is 71.3 cm³/mol. The topological polar surface area (TPSA) is 75.7 Å². The van der Waals surface area contributed by atoms with Gasteiger partial charge in [0.25, 0.3) is 0 Å². The summed E-state index contributed by atoms with van der Waals surface area (Å²) in [5.41, 5.74) is 6.11. The lowest BCUT2D eigenvalue weighted by Crippen LogP contribution is -2.10. The van der Waals surface area contributed by atoms with Crippen LogP contribution in [0, 0.1) is 5.41 Å². The van der Waals surface area contributed by atoms with Gasteiger partial charge in [0.1, 0.15) is 10.9 Å². The highest BCUT2D eigenvalue weighted by molar-refractivity contribution is 9.10. The van der Waals surface area contributed by atoms with Crippen LogP contribution in [0.4, 0.5) is 0 Å². The number of nitrogen functional groups attached to an aromatic ring is 1. The van der Waals surface area contributed by atoms with Crippen molar-refractivity contribution in [2.75, 3.05) is 0 Å². The van der Waals surface area contributed by atoms with Gasteiger partial charge in [0.05, 0.1) is 6.20 Å². The number of rotatable bonds is 3. The van der Waals surface area contributed by atoms with Gasteiger partial charge in [-0.3, -0.25) is 10.4 Å². The zero-order chi connectivity index (χ0) is 12.3. The maximum Gasteiger partial charge on any atom is 0.122 e. The summed E-state index contributed by atoms with van der Waals surface area (Å²) in [5.74, 6) is 0.0572. The number of nitrogens with two attached hydrogens (primary N) is 1. The van der Waals surface area contributed by atoms with Gasteiger partial charge >= 0.3 is 0 Å². The van der Waals surface area contributed by atoms with Gasteiger partial charge in [0.2, 0.25) is 0 Å². The molecular formula is C11H9BrN4S. The van der Waals surface area contributed by atoms with Crippen LogP contribution in [-0.2, 0) is 0 Å². The van der Waals surface area contributed by atoms with E-state index >= 15 is 0 Å². The highest BCUT2D eigenvalue weighted by atomic mass is 79.9. The summed E-state index contributed by atoms with van der Waals surface area (Å²) in [5, 5.41) is 8.17. The minimum absolute atomic E-state index is 0.0572. The Morgan fingerprint density at radius 3 is 2.76 bits per heavy atom. The summed E-state index contributed by atoms with van der Waals surface area (Å²) in [7, 11) is 0. The number of amidine groups is 1. The van der Waals surface area contributed by atoms with Crippen LogP contribution in [0.25, 0.3) is 0 Å². The van der Waals surface area contributed by atoms with Crippen LogP contribution in [0.5, 0.6) is 0 Å². The molecule has 0 saturated carbocycles. The maximum absolute atomic E-state index is 7.35. The number of hydrogen-bond acceptors (Lipinski definition) is 4. The van der Waals surface area contributed by atoms with E-state index in [1.165, 1.54) is 11.8 Å². The zero-order valence-corrected chi connectivity index (χ0v) is 11.1. The van der Waals surface area contributed by atoms with Gasteiger partial charge in [0.15, 0.2) is 0 Å². The van der Waals surface area contributed by atoms with Crippen LogP contribution < -0.4 is 5.73 Å². The third kappa shape index (κ3) is 3.04. The van der Waals surface area contributed by atoms with Crippen LogP contribution in [0.3, 0.4) is 0 Å². The Morgan fingerprint density at radius 2 is 2.18 bits per heavy atom. The van der Waals surface area contributed by atoms with E-state index in [-0.39, 0.29) is 5.84 Å². The molecule has 0 radical (unpaired) electrons. The van der Waals surface area contributed by atoms with Gasteiger partial charge in [-0.15, -0.1) is 0 Å². The second-order valence-electron chi connectivity index (χ2n) is 3.20. The molecule has 0 amide bonds. The molecule has 0 bridgehead atoms. The molecule has 17 heavy (non-hydrogen) atoms. The van der Waals surface area contributed by atoms with Crippen molar-refractivity contribution >= 4 is 33.5 Å². The Kier molecular flexibility index (Phi) is 3.75. The molecule has 0 spiro atoms. The fraction of sp³-hybridized carbons (Fsp3) is 0. The summed E-state index contributed by atoms with van der Waals surface area (Å²) in [4.78, 5) is 9.20. The standard InChI is InChI=1S/C11H9BrN4S/c12-8-5-7(11(13)14)1-2-9(8)17-10-6-15-3-4-16-10/h1-6H,(H3,13,14). The van der Waals surface area contributed by atoms with Crippen molar-refractivity contribution in [3.8, 4) is 0 Å². The van der Waals surface area contributed by atoms with E-state index in [2.05, 4.69) is 25.9 Å². The maximum atomic E-state index is 7.35. The molecule has 0 fully saturated rings. The Morgan fingerprint density at radius 1 is 1.35 bits per heavy atom. The number of hydrogen-bond donors (Lipinski definition) is 2. The Bertz CT molecular complexity index is 544. The molecule has 0 aliphatic heterocycles. The lowest BCUT2D eigenvalue weighted by molar-refractivity contribution is 1.05. The van der Waals surface area contributed by atoms with Gasteiger partial charge < -0.3 is 5.73 Å². The smallest absolute Gasteiger partial charge is 0.122 e. The van der Waals surface area contributed by atoms with Crippen molar-refractivity contribution in [1.29, 1.82) is 5.41 Å². The molecule has 0 saturated heterocycles. The summed E-state index contributed by atoms with van der Waals surface area (Å²) in [6.45, 7) is 0. The fourth-order valence-corrected chi connectivity index (χ4v) is 2.57. The van der Waals surface area contributed by atoms with Crippen molar-refractivity contribution in [3.63, 3.8) is 0 Å². The van der Waals surface area contributed by atoms with Crippen molar-refractivity contribution in [2.24, 2.45) is 5.73 Å². The van der Waals surface area contributed by atoms with E-state index in [0.29, 0.717) is 5.56 Å². The minimum atomic E-state index is 0.0572. The molecule has 0 atom stereocenters. The van der Waals surface area contributed by atoms with E-state index in [1.807, 2.05) is 18.2 Å². The van der Waals surface area contributed by atoms with Crippen LogP contribution >= 0.6 is 27.7 Å². The van der Waals surface area contributed by atoms with E-state index < -0.39 is 0 Å². The van der Waals surface area contributed by atoms with Crippen LogP contribution in [0.1, 0.15) is 5.56 Å². The monoisotopic (exact) mass is 308 g/mol. The third-order valence-corrected chi connectivity index (χ3v) is 3.91. The molecule has 0 aliphatic carbocycles. The highest BCUT2D eigenvalue weighted by Crippen LogP contribution is 2.32. The van der Waals surface area contributed by atoms with Gasteiger partial charge in [0, 0.05) is 27.3 Å². The molecule has 1 aromatic heterocycles. The molecule has 6 heteroatoms. The lowest BCUT2D eigenvalue weighted by Gasteiger charge is -2.05. The van der Waals surface area contributed by atoms with Crippen LogP contribution in [0.15, 0.2) is 51.2 Å². The first kappa shape index (κ1) is 12.1. The summed E-state index contributed by atoms with van der Waals surface area (Å²) in [6, 6.07) is 5.53. The molecule has 0 aliphatic rings. The van der Waals surface area contributed by atoms with Crippen molar-refractivity contribution in [1.82, 2.24) is 9.97 Å². The number of nitrogens with zero attached hydrogens (tertiary/aromatic N) is 2. The van der Waals surface area contributed by atoms with Crippen molar-refractivity contribution < 1.29 is 0 Å². The molecule has 2 rings (SSSR count). The first-order valence-electron chi connectivity index (χ1n) is 4.74. The molecule has 3 N–H and O–H groups in total. The molecule has 1 aromatic carbocycles. The van der Waals surface area contributed by atoms with Gasteiger partial charge in [-0.25, -0.2) is 4.98 Å². The second-order valence-corrected chi connectivity index (χ2v) is 5.12. The number of halogens is 1. The van der Waals surface area contributed by atoms with Gasteiger partial charge in [-0.2, -0.15) is 0 Å². The van der Waals surface area contributed by atoms with Gasteiger partial charge in [-0.05, 0) is 28.1 Å². The largest absolute Gasteiger partial charge is 0.384 e. The Balaban J connectivity index is 2.26. The normalized spacial score (nSPS) is 10.2. The average molecular weight is 309 g/mol. The average Bonchev–Trinajstić information content (AvgIpc) is 2.33.